The molecule has 2 aromatic carbocycles. The molecule has 0 atom stereocenters. The second-order valence-electron chi connectivity index (χ2n) is 7.92. The molecule has 2 heterocycles. The van der Waals surface area contributed by atoms with Crippen molar-refractivity contribution in [2.75, 3.05) is 18.8 Å². The standard InChI is InChI=1S/C16H20N2.C9H10O4S/c1-3-11-17-15(5-1)13-7-9-14(10-8-13)16-6-2-4-12-18-16;1-7-2-4-8(5-3-7)14(12,13)6-9(10)11/h5-10,17-18H,1-4,11-12H2;2-5H,6H2,1H3,(H,10,11). The van der Waals surface area contributed by atoms with Crippen LogP contribution in [0.1, 0.15) is 42.4 Å². The van der Waals surface area contributed by atoms with E-state index in [0.29, 0.717) is 0 Å². The first-order valence-corrected chi connectivity index (χ1v) is 12.5. The van der Waals surface area contributed by atoms with Crippen molar-refractivity contribution < 1.29 is 18.3 Å². The van der Waals surface area contributed by atoms with E-state index in [0.717, 1.165) is 18.7 Å². The summed E-state index contributed by atoms with van der Waals surface area (Å²) >= 11 is 0. The van der Waals surface area contributed by atoms with Gasteiger partial charge in [-0.15, -0.1) is 0 Å². The maximum Gasteiger partial charge on any atom is 0.319 e. The second-order valence-corrected chi connectivity index (χ2v) is 9.91. The predicted molar refractivity (Wildman–Crippen MR) is 128 cm³/mol. The Morgan fingerprint density at radius 2 is 1.31 bits per heavy atom. The third-order valence-corrected chi connectivity index (χ3v) is 6.91. The summed E-state index contributed by atoms with van der Waals surface area (Å²) in [4.78, 5) is 10.3. The topological polar surface area (TPSA) is 95.5 Å². The molecule has 0 saturated carbocycles. The zero-order valence-electron chi connectivity index (χ0n) is 18.3. The molecule has 2 aliphatic rings. The maximum absolute atomic E-state index is 11.4. The van der Waals surface area contributed by atoms with Crippen molar-refractivity contribution in [1.82, 2.24) is 10.6 Å². The van der Waals surface area contributed by atoms with Crippen molar-refractivity contribution in [3.63, 3.8) is 0 Å². The van der Waals surface area contributed by atoms with Crippen molar-refractivity contribution in [2.24, 2.45) is 0 Å². The van der Waals surface area contributed by atoms with Crippen molar-refractivity contribution in [3.05, 3.63) is 77.4 Å². The van der Waals surface area contributed by atoms with E-state index in [-0.39, 0.29) is 4.90 Å². The number of aryl methyl sites for hydroxylation is 1. The van der Waals surface area contributed by atoms with Crippen LogP contribution in [0.4, 0.5) is 0 Å². The summed E-state index contributed by atoms with van der Waals surface area (Å²) in [6, 6.07) is 15.0. The van der Waals surface area contributed by atoms with Gasteiger partial charge >= 0.3 is 5.97 Å². The van der Waals surface area contributed by atoms with E-state index in [9.17, 15) is 13.2 Å². The molecule has 0 unspecified atom stereocenters. The Kier molecular flexibility index (Phi) is 8.11. The number of carboxylic acids is 1. The first-order valence-electron chi connectivity index (χ1n) is 10.9. The summed E-state index contributed by atoms with van der Waals surface area (Å²) in [5.41, 5.74) is 6.11. The molecule has 6 nitrogen and oxygen atoms in total. The Labute approximate surface area is 190 Å². The second kappa shape index (κ2) is 11.0. The maximum atomic E-state index is 11.4. The number of benzene rings is 2. The molecule has 0 fully saturated rings. The van der Waals surface area contributed by atoms with Crippen LogP contribution in [0.2, 0.25) is 0 Å². The SMILES string of the molecule is C1=C(c2ccc(C3=CCCCN3)cc2)NCCC1.Cc1ccc(S(=O)(=O)CC(=O)O)cc1. The highest BCUT2D eigenvalue weighted by Gasteiger charge is 2.18. The quantitative estimate of drug-likeness (QED) is 0.632. The summed E-state index contributed by atoms with van der Waals surface area (Å²) in [6.07, 6.45) is 9.48. The molecule has 2 aliphatic heterocycles. The lowest BCUT2D eigenvalue weighted by Gasteiger charge is -2.18. The van der Waals surface area contributed by atoms with Gasteiger partial charge in [0.15, 0.2) is 15.6 Å². The molecule has 7 heteroatoms. The van der Waals surface area contributed by atoms with Crippen LogP contribution in [0.3, 0.4) is 0 Å². The molecule has 3 N–H and O–H groups in total. The first kappa shape index (κ1) is 23.6. The third kappa shape index (κ3) is 6.72. The average Bonchev–Trinajstić information content (AvgIpc) is 2.80. The van der Waals surface area contributed by atoms with Crippen LogP contribution in [0.25, 0.3) is 11.4 Å². The average molecular weight is 455 g/mol. The highest BCUT2D eigenvalue weighted by molar-refractivity contribution is 7.92. The van der Waals surface area contributed by atoms with Crippen LogP contribution >= 0.6 is 0 Å². The lowest BCUT2D eigenvalue weighted by atomic mass is 10.0. The number of nitrogens with one attached hydrogen (secondary N) is 2. The van der Waals surface area contributed by atoms with Gasteiger partial charge in [0.1, 0.15) is 0 Å². The van der Waals surface area contributed by atoms with E-state index in [1.807, 2.05) is 6.92 Å². The Bertz CT molecular complexity index is 1040. The molecule has 0 spiro atoms. The van der Waals surface area contributed by atoms with E-state index >= 15 is 0 Å². The van der Waals surface area contributed by atoms with Gasteiger partial charge in [0.2, 0.25) is 0 Å². The number of carboxylic acid groups (broad SMARTS) is 1. The van der Waals surface area contributed by atoms with Gasteiger partial charge in [-0.1, -0.05) is 54.1 Å². The molecule has 0 saturated heterocycles. The lowest BCUT2D eigenvalue weighted by molar-refractivity contribution is -0.134. The lowest BCUT2D eigenvalue weighted by Crippen LogP contribution is -2.18. The van der Waals surface area contributed by atoms with Crippen molar-refractivity contribution >= 4 is 27.2 Å². The number of carbonyl (C=O) groups is 1. The molecule has 0 radical (unpaired) electrons. The van der Waals surface area contributed by atoms with Gasteiger partial charge < -0.3 is 15.7 Å². The fourth-order valence-electron chi connectivity index (χ4n) is 3.55. The highest BCUT2D eigenvalue weighted by Crippen LogP contribution is 2.21. The van der Waals surface area contributed by atoms with Crippen molar-refractivity contribution in [1.29, 1.82) is 0 Å². The number of hydrogen-bond acceptors (Lipinski definition) is 5. The van der Waals surface area contributed by atoms with E-state index < -0.39 is 21.6 Å². The molecule has 4 rings (SSSR count). The molecular weight excluding hydrogens is 424 g/mol. The zero-order valence-corrected chi connectivity index (χ0v) is 19.1. The van der Waals surface area contributed by atoms with Gasteiger partial charge in [0, 0.05) is 24.5 Å². The monoisotopic (exact) mass is 454 g/mol. The molecule has 0 aromatic heterocycles. The predicted octanol–water partition coefficient (Wildman–Crippen LogP) is 3.99. The van der Waals surface area contributed by atoms with Gasteiger partial charge in [-0.2, -0.15) is 0 Å². The zero-order chi connectivity index (χ0) is 23.0. The van der Waals surface area contributed by atoms with Crippen molar-refractivity contribution in [3.8, 4) is 0 Å². The largest absolute Gasteiger partial charge is 0.480 e. The fraction of sp³-hybridized carbons (Fsp3) is 0.320. The van der Waals surface area contributed by atoms with Gasteiger partial charge in [0.25, 0.3) is 0 Å². The summed E-state index contributed by atoms with van der Waals surface area (Å²) in [5, 5.41) is 15.3. The van der Waals surface area contributed by atoms with Crippen LogP contribution in [0.5, 0.6) is 0 Å². The van der Waals surface area contributed by atoms with E-state index in [2.05, 4.69) is 47.1 Å². The Balaban J connectivity index is 0.000000188. The van der Waals surface area contributed by atoms with Crippen LogP contribution in [0, 0.1) is 6.92 Å². The molecule has 2 aromatic rings. The number of allylic oxidation sites excluding steroid dienone is 2. The minimum Gasteiger partial charge on any atom is -0.480 e. The fourth-order valence-corrected chi connectivity index (χ4v) is 4.59. The number of rotatable bonds is 5. The van der Waals surface area contributed by atoms with Gasteiger partial charge in [0.05, 0.1) is 4.90 Å². The number of hydrogen-bond donors (Lipinski definition) is 3. The Morgan fingerprint density at radius 1 is 0.844 bits per heavy atom. The van der Waals surface area contributed by atoms with Crippen LogP contribution < -0.4 is 10.6 Å². The third-order valence-electron chi connectivity index (χ3n) is 5.29. The van der Waals surface area contributed by atoms with E-state index in [1.54, 1.807) is 12.1 Å². The summed E-state index contributed by atoms with van der Waals surface area (Å²) in [6.45, 7) is 4.02. The summed E-state index contributed by atoms with van der Waals surface area (Å²) in [5.74, 6) is -2.21. The number of aliphatic carboxylic acids is 1. The Morgan fingerprint density at radius 3 is 1.69 bits per heavy atom. The minimum atomic E-state index is -3.68. The molecule has 0 bridgehead atoms. The van der Waals surface area contributed by atoms with E-state index in [4.69, 9.17) is 5.11 Å². The molecule has 170 valence electrons. The van der Waals surface area contributed by atoms with Crippen molar-refractivity contribution in [2.45, 2.75) is 37.5 Å². The molecule has 0 amide bonds. The normalized spacial score (nSPS) is 15.8. The molecular formula is C25H30N2O4S. The van der Waals surface area contributed by atoms with Crippen LogP contribution in [-0.4, -0.2) is 38.3 Å². The summed E-state index contributed by atoms with van der Waals surface area (Å²) < 4.78 is 22.7. The van der Waals surface area contributed by atoms with Gasteiger partial charge in [-0.3, -0.25) is 4.79 Å². The summed E-state index contributed by atoms with van der Waals surface area (Å²) in [7, 11) is -3.68. The number of sulfone groups is 1. The van der Waals surface area contributed by atoms with Gasteiger partial charge in [-0.05, 0) is 55.9 Å². The minimum absolute atomic E-state index is 0.0468. The van der Waals surface area contributed by atoms with Crippen LogP contribution in [0.15, 0.2) is 65.6 Å². The molecule has 32 heavy (non-hydrogen) atoms. The van der Waals surface area contributed by atoms with E-state index in [1.165, 1.54) is 60.3 Å². The first-order chi connectivity index (χ1) is 15.3. The smallest absolute Gasteiger partial charge is 0.319 e. The molecule has 0 aliphatic carbocycles. The highest BCUT2D eigenvalue weighted by atomic mass is 32.2. The van der Waals surface area contributed by atoms with Gasteiger partial charge in [-0.25, -0.2) is 8.42 Å². The Hall–Kier alpha value is -3.06. The van der Waals surface area contributed by atoms with Crippen LogP contribution in [-0.2, 0) is 14.6 Å².